The third-order valence-electron chi connectivity index (χ3n) is 3.53. The molecule has 1 fully saturated rings. The van der Waals surface area contributed by atoms with Crippen LogP contribution in [0.5, 0.6) is 0 Å². The molecule has 0 amide bonds. The van der Waals surface area contributed by atoms with Crippen LogP contribution in [0, 0.1) is 24.4 Å². The van der Waals surface area contributed by atoms with Crippen LogP contribution in [-0.2, 0) is 0 Å². The molecule has 4 nitrogen and oxygen atoms in total. The van der Waals surface area contributed by atoms with Crippen LogP contribution in [0.25, 0.3) is 0 Å². The zero-order valence-electron chi connectivity index (χ0n) is 12.0. The normalized spacial score (nSPS) is 14.5. The van der Waals surface area contributed by atoms with E-state index in [2.05, 4.69) is 15.3 Å². The predicted molar refractivity (Wildman–Crippen MR) is 77.8 cm³/mol. The standard InChI is InChI=1S/C15H15F3N4/c1-9-8-12(21-15(19-9)22-6-2-3-7-22)20-11-5-4-10(16)13(17)14(11)18/h4-5,8H,2-3,6-7H2,1H3,(H,19,20,21). The van der Waals surface area contributed by atoms with Crippen molar-refractivity contribution in [1.29, 1.82) is 0 Å². The van der Waals surface area contributed by atoms with Crippen molar-refractivity contribution in [2.75, 3.05) is 23.3 Å². The quantitative estimate of drug-likeness (QED) is 0.881. The Morgan fingerprint density at radius 2 is 1.77 bits per heavy atom. The van der Waals surface area contributed by atoms with Crippen molar-refractivity contribution < 1.29 is 13.2 Å². The van der Waals surface area contributed by atoms with Gasteiger partial charge < -0.3 is 10.2 Å². The molecule has 2 aromatic rings. The highest BCUT2D eigenvalue weighted by Crippen LogP contribution is 2.24. The number of rotatable bonds is 3. The van der Waals surface area contributed by atoms with Crippen LogP contribution >= 0.6 is 0 Å². The molecule has 1 N–H and O–H groups in total. The molecular weight excluding hydrogens is 293 g/mol. The maximum Gasteiger partial charge on any atom is 0.227 e. The molecule has 22 heavy (non-hydrogen) atoms. The van der Waals surface area contributed by atoms with Crippen LogP contribution in [0.1, 0.15) is 18.5 Å². The number of nitrogens with zero attached hydrogens (tertiary/aromatic N) is 3. The van der Waals surface area contributed by atoms with Crippen molar-refractivity contribution in [3.8, 4) is 0 Å². The largest absolute Gasteiger partial charge is 0.341 e. The van der Waals surface area contributed by atoms with E-state index in [-0.39, 0.29) is 5.69 Å². The van der Waals surface area contributed by atoms with E-state index >= 15 is 0 Å². The van der Waals surface area contributed by atoms with Crippen LogP contribution < -0.4 is 10.2 Å². The Kier molecular flexibility index (Phi) is 3.87. The summed E-state index contributed by atoms with van der Waals surface area (Å²) < 4.78 is 39.9. The van der Waals surface area contributed by atoms with Gasteiger partial charge in [-0.25, -0.2) is 18.2 Å². The average molecular weight is 308 g/mol. The molecule has 116 valence electrons. The van der Waals surface area contributed by atoms with Gasteiger partial charge in [-0.15, -0.1) is 0 Å². The fourth-order valence-electron chi connectivity index (χ4n) is 2.44. The summed E-state index contributed by atoms with van der Waals surface area (Å²) in [5.41, 5.74) is 0.548. The molecule has 1 aromatic heterocycles. The lowest BCUT2D eigenvalue weighted by Crippen LogP contribution is -2.21. The Morgan fingerprint density at radius 1 is 1.05 bits per heavy atom. The minimum atomic E-state index is -1.50. The number of halogens is 3. The van der Waals surface area contributed by atoms with Gasteiger partial charge in [-0.3, -0.25) is 0 Å². The van der Waals surface area contributed by atoms with Crippen molar-refractivity contribution >= 4 is 17.5 Å². The first-order valence-corrected chi connectivity index (χ1v) is 7.06. The highest BCUT2D eigenvalue weighted by atomic mass is 19.2. The Labute approximate surface area is 126 Å². The molecule has 0 spiro atoms. The molecule has 1 aliphatic rings. The minimum absolute atomic E-state index is 0.163. The van der Waals surface area contributed by atoms with Gasteiger partial charge in [-0.1, -0.05) is 0 Å². The molecule has 7 heteroatoms. The number of hydrogen-bond acceptors (Lipinski definition) is 4. The fraction of sp³-hybridized carbons (Fsp3) is 0.333. The number of benzene rings is 1. The molecule has 2 heterocycles. The van der Waals surface area contributed by atoms with Gasteiger partial charge in [0.05, 0.1) is 5.69 Å². The van der Waals surface area contributed by atoms with Crippen molar-refractivity contribution in [3.63, 3.8) is 0 Å². The predicted octanol–water partition coefficient (Wildman–Crippen LogP) is 3.55. The molecule has 0 atom stereocenters. The third-order valence-corrected chi connectivity index (χ3v) is 3.53. The Morgan fingerprint density at radius 3 is 2.50 bits per heavy atom. The first kappa shape index (κ1) is 14.6. The van der Waals surface area contributed by atoms with E-state index in [4.69, 9.17) is 0 Å². The first-order chi connectivity index (χ1) is 10.5. The molecular formula is C15H15F3N4. The Balaban J connectivity index is 1.90. The molecule has 0 unspecified atom stereocenters. The van der Waals surface area contributed by atoms with Crippen molar-refractivity contribution in [2.45, 2.75) is 19.8 Å². The maximum absolute atomic E-state index is 13.7. The number of nitrogens with one attached hydrogen (secondary N) is 1. The van der Waals surface area contributed by atoms with Crippen molar-refractivity contribution in [1.82, 2.24) is 9.97 Å². The van der Waals surface area contributed by atoms with E-state index in [1.807, 2.05) is 4.90 Å². The molecule has 0 bridgehead atoms. The zero-order chi connectivity index (χ0) is 15.7. The highest BCUT2D eigenvalue weighted by molar-refractivity contribution is 5.58. The Hall–Kier alpha value is -2.31. The average Bonchev–Trinajstić information content (AvgIpc) is 3.02. The van der Waals surface area contributed by atoms with Gasteiger partial charge >= 0.3 is 0 Å². The van der Waals surface area contributed by atoms with E-state index in [1.54, 1.807) is 13.0 Å². The number of aryl methyl sites for hydroxylation is 1. The highest BCUT2D eigenvalue weighted by Gasteiger charge is 2.17. The molecule has 1 saturated heterocycles. The van der Waals surface area contributed by atoms with Gasteiger partial charge in [0.2, 0.25) is 5.95 Å². The topological polar surface area (TPSA) is 41.1 Å². The molecule has 1 aliphatic heterocycles. The second kappa shape index (κ2) is 5.82. The number of hydrogen-bond donors (Lipinski definition) is 1. The monoisotopic (exact) mass is 308 g/mol. The van der Waals surface area contributed by atoms with Crippen molar-refractivity contribution in [3.05, 3.63) is 41.3 Å². The minimum Gasteiger partial charge on any atom is -0.341 e. The number of anilines is 3. The fourth-order valence-corrected chi connectivity index (χ4v) is 2.44. The summed E-state index contributed by atoms with van der Waals surface area (Å²) in [5, 5.41) is 2.69. The lowest BCUT2D eigenvalue weighted by atomic mass is 10.2. The van der Waals surface area contributed by atoms with E-state index in [1.165, 1.54) is 0 Å². The summed E-state index contributed by atoms with van der Waals surface area (Å²) >= 11 is 0. The summed E-state index contributed by atoms with van der Waals surface area (Å²) in [5.74, 6) is -3.09. The van der Waals surface area contributed by atoms with E-state index in [9.17, 15) is 13.2 Å². The third kappa shape index (κ3) is 2.84. The van der Waals surface area contributed by atoms with E-state index < -0.39 is 17.5 Å². The lowest BCUT2D eigenvalue weighted by molar-refractivity contribution is 0.449. The van der Waals surface area contributed by atoms with Crippen LogP contribution in [0.3, 0.4) is 0 Å². The summed E-state index contributed by atoms with van der Waals surface area (Å²) in [6.07, 6.45) is 2.16. The first-order valence-electron chi connectivity index (χ1n) is 7.06. The molecule has 0 radical (unpaired) electrons. The molecule has 3 rings (SSSR count). The lowest BCUT2D eigenvalue weighted by Gasteiger charge is -2.17. The summed E-state index contributed by atoms with van der Waals surface area (Å²) in [7, 11) is 0. The van der Waals surface area contributed by atoms with Gasteiger partial charge in [0.25, 0.3) is 0 Å². The SMILES string of the molecule is Cc1cc(Nc2ccc(F)c(F)c2F)nc(N2CCCC2)n1. The summed E-state index contributed by atoms with van der Waals surface area (Å²) in [4.78, 5) is 10.7. The Bertz CT molecular complexity index is 699. The molecule has 0 saturated carbocycles. The van der Waals surface area contributed by atoms with Gasteiger partial charge in [-0.2, -0.15) is 4.98 Å². The smallest absolute Gasteiger partial charge is 0.227 e. The second-order valence-corrected chi connectivity index (χ2v) is 5.24. The van der Waals surface area contributed by atoms with Gasteiger partial charge in [0.1, 0.15) is 5.82 Å². The molecule has 1 aromatic carbocycles. The van der Waals surface area contributed by atoms with Gasteiger partial charge in [-0.05, 0) is 31.9 Å². The van der Waals surface area contributed by atoms with Crippen LogP contribution in [-0.4, -0.2) is 23.1 Å². The maximum atomic E-state index is 13.7. The summed E-state index contributed by atoms with van der Waals surface area (Å²) in [6, 6.07) is 3.64. The van der Waals surface area contributed by atoms with E-state index in [0.29, 0.717) is 17.5 Å². The zero-order valence-corrected chi connectivity index (χ0v) is 12.0. The molecule has 0 aliphatic carbocycles. The number of aromatic nitrogens is 2. The summed E-state index contributed by atoms with van der Waals surface area (Å²) in [6.45, 7) is 3.55. The van der Waals surface area contributed by atoms with Gasteiger partial charge in [0.15, 0.2) is 17.5 Å². The van der Waals surface area contributed by atoms with Gasteiger partial charge in [0, 0.05) is 24.8 Å². The van der Waals surface area contributed by atoms with E-state index in [0.717, 1.165) is 38.1 Å². The van der Waals surface area contributed by atoms with Crippen LogP contribution in [0.15, 0.2) is 18.2 Å². The van der Waals surface area contributed by atoms with Crippen LogP contribution in [0.2, 0.25) is 0 Å². The van der Waals surface area contributed by atoms with Crippen LogP contribution in [0.4, 0.5) is 30.6 Å². The second-order valence-electron chi connectivity index (χ2n) is 5.24. The van der Waals surface area contributed by atoms with Crippen molar-refractivity contribution in [2.24, 2.45) is 0 Å².